The first-order valence-electron chi connectivity index (χ1n) is 9.63. The molecule has 6 nitrogen and oxygen atoms in total. The van der Waals surface area contributed by atoms with Crippen LogP contribution in [0.15, 0.2) is 65.9 Å². The SMILES string of the molecule is COC(=O)/C=C/C1=CN(C)C(CC(=O)c2cc3ccccc3n2C)C(C(=O)C(Cl)(Cl)Cl)=C1. The molecule has 0 saturated carbocycles. The second kappa shape index (κ2) is 9.53. The number of esters is 1. The largest absolute Gasteiger partial charge is 0.466 e. The molecule has 9 heteroatoms. The van der Waals surface area contributed by atoms with Crippen molar-refractivity contribution in [3.05, 3.63) is 71.6 Å². The molecule has 1 aromatic carbocycles. The molecule has 0 radical (unpaired) electrons. The highest BCUT2D eigenvalue weighted by Gasteiger charge is 2.39. The van der Waals surface area contributed by atoms with E-state index in [2.05, 4.69) is 4.74 Å². The van der Waals surface area contributed by atoms with Gasteiger partial charge in [0.05, 0.1) is 18.8 Å². The molecule has 32 heavy (non-hydrogen) atoms. The van der Waals surface area contributed by atoms with Crippen molar-refractivity contribution in [2.75, 3.05) is 14.2 Å². The van der Waals surface area contributed by atoms with E-state index in [1.807, 2.05) is 41.9 Å². The molecule has 1 atom stereocenters. The van der Waals surface area contributed by atoms with Gasteiger partial charge in [-0.3, -0.25) is 9.59 Å². The number of ether oxygens (including phenoxy) is 1. The molecular weight excluding hydrogens is 475 g/mol. The van der Waals surface area contributed by atoms with Crippen LogP contribution in [0.2, 0.25) is 0 Å². The van der Waals surface area contributed by atoms with Crippen LogP contribution in [0, 0.1) is 0 Å². The highest BCUT2D eigenvalue weighted by molar-refractivity contribution is 6.77. The van der Waals surface area contributed by atoms with Gasteiger partial charge in [-0.05, 0) is 29.9 Å². The smallest absolute Gasteiger partial charge is 0.330 e. The Morgan fingerprint density at radius 1 is 1.16 bits per heavy atom. The Kier molecular flexibility index (Phi) is 7.18. The Labute approximate surface area is 200 Å². The van der Waals surface area contributed by atoms with E-state index in [1.54, 1.807) is 18.1 Å². The molecule has 168 valence electrons. The van der Waals surface area contributed by atoms with Crippen LogP contribution < -0.4 is 0 Å². The number of allylic oxidation sites excluding steroid dienone is 3. The van der Waals surface area contributed by atoms with E-state index in [4.69, 9.17) is 34.8 Å². The van der Waals surface area contributed by atoms with Gasteiger partial charge < -0.3 is 14.2 Å². The Bertz CT molecular complexity index is 1170. The standard InChI is InChI=1S/C23H21Cl3N2O4/c1-27-13-14(8-9-21(30)32-3)10-16(22(31)23(24,25)26)18(27)12-20(29)19-11-15-6-4-5-7-17(15)28(19)2/h4-11,13,18H,12H2,1-3H3/b9-8+. The number of halogens is 3. The lowest BCUT2D eigenvalue weighted by Gasteiger charge is -2.33. The number of fused-ring (bicyclic) bond motifs is 1. The summed E-state index contributed by atoms with van der Waals surface area (Å²) in [4.78, 5) is 39.2. The third-order valence-electron chi connectivity index (χ3n) is 5.27. The number of carbonyl (C=O) groups excluding carboxylic acids is 3. The third kappa shape index (κ3) is 5.09. The topological polar surface area (TPSA) is 68.6 Å². The maximum atomic E-state index is 13.2. The average molecular weight is 496 g/mol. The van der Waals surface area contributed by atoms with Crippen molar-refractivity contribution in [3.63, 3.8) is 0 Å². The molecule has 1 unspecified atom stereocenters. The van der Waals surface area contributed by atoms with Gasteiger partial charge in [-0.1, -0.05) is 53.0 Å². The molecule has 1 aliphatic rings. The van der Waals surface area contributed by atoms with Crippen molar-refractivity contribution < 1.29 is 19.1 Å². The summed E-state index contributed by atoms with van der Waals surface area (Å²) < 4.78 is 4.22. The lowest BCUT2D eigenvalue weighted by atomic mass is 9.91. The first-order valence-corrected chi connectivity index (χ1v) is 10.8. The number of methoxy groups -OCH3 is 1. The zero-order chi connectivity index (χ0) is 23.6. The predicted octanol–water partition coefficient (Wildman–Crippen LogP) is 4.54. The predicted molar refractivity (Wildman–Crippen MR) is 126 cm³/mol. The summed E-state index contributed by atoms with van der Waals surface area (Å²) >= 11 is 17.6. The van der Waals surface area contributed by atoms with Crippen LogP contribution in [-0.4, -0.2) is 51.0 Å². The van der Waals surface area contributed by atoms with E-state index >= 15 is 0 Å². The molecule has 3 rings (SSSR count). The maximum Gasteiger partial charge on any atom is 0.330 e. The number of aromatic nitrogens is 1. The molecule has 1 aliphatic heterocycles. The molecule has 2 heterocycles. The van der Waals surface area contributed by atoms with Crippen molar-refractivity contribution in [1.29, 1.82) is 0 Å². The number of ketones is 2. The van der Waals surface area contributed by atoms with Crippen LogP contribution in [0.4, 0.5) is 0 Å². The fourth-order valence-electron chi connectivity index (χ4n) is 3.65. The van der Waals surface area contributed by atoms with Gasteiger partial charge in [0.2, 0.25) is 5.78 Å². The summed E-state index contributed by atoms with van der Waals surface area (Å²) in [6, 6.07) is 8.83. The normalized spacial score (nSPS) is 16.8. The number of carbonyl (C=O) groups is 3. The summed E-state index contributed by atoms with van der Waals surface area (Å²) in [6.07, 6.45) is 5.91. The molecule has 0 fully saturated rings. The van der Waals surface area contributed by atoms with Gasteiger partial charge in [-0.15, -0.1) is 0 Å². The number of nitrogens with zero attached hydrogens (tertiary/aromatic N) is 2. The number of hydrogen-bond donors (Lipinski definition) is 0. The summed E-state index contributed by atoms with van der Waals surface area (Å²) in [5.74, 6) is -1.45. The van der Waals surface area contributed by atoms with Crippen LogP contribution in [0.25, 0.3) is 10.9 Å². The minimum atomic E-state index is -2.19. The van der Waals surface area contributed by atoms with Crippen LogP contribution in [0.3, 0.4) is 0 Å². The Hall–Kier alpha value is -2.54. The van der Waals surface area contributed by atoms with Crippen LogP contribution in [0.5, 0.6) is 0 Å². The quantitative estimate of drug-likeness (QED) is 0.255. The monoisotopic (exact) mass is 494 g/mol. The molecule has 0 N–H and O–H groups in total. The molecule has 0 bridgehead atoms. The zero-order valence-electron chi connectivity index (χ0n) is 17.6. The fraction of sp³-hybridized carbons (Fsp3) is 0.261. The highest BCUT2D eigenvalue weighted by atomic mass is 35.6. The van der Waals surface area contributed by atoms with E-state index in [0.717, 1.165) is 10.9 Å². The summed E-state index contributed by atoms with van der Waals surface area (Å²) in [5, 5.41) is 0.943. The van der Waals surface area contributed by atoms with Crippen molar-refractivity contribution >= 4 is 63.2 Å². The highest BCUT2D eigenvalue weighted by Crippen LogP contribution is 2.35. The number of hydrogen-bond acceptors (Lipinski definition) is 5. The minimum absolute atomic E-state index is 0.0104. The second-order valence-electron chi connectivity index (χ2n) is 7.37. The van der Waals surface area contributed by atoms with E-state index in [-0.39, 0.29) is 17.8 Å². The van der Waals surface area contributed by atoms with E-state index in [9.17, 15) is 14.4 Å². The van der Waals surface area contributed by atoms with Gasteiger partial charge in [0, 0.05) is 49.3 Å². The maximum absolute atomic E-state index is 13.2. The molecule has 0 amide bonds. The van der Waals surface area contributed by atoms with Crippen LogP contribution in [0.1, 0.15) is 16.9 Å². The van der Waals surface area contributed by atoms with Gasteiger partial charge >= 0.3 is 5.97 Å². The summed E-state index contributed by atoms with van der Waals surface area (Å²) in [5.41, 5.74) is 2.12. The zero-order valence-corrected chi connectivity index (χ0v) is 19.9. The lowest BCUT2D eigenvalue weighted by Crippen LogP contribution is -2.40. The third-order valence-corrected chi connectivity index (χ3v) is 5.79. The minimum Gasteiger partial charge on any atom is -0.466 e. The van der Waals surface area contributed by atoms with Crippen molar-refractivity contribution in [1.82, 2.24) is 9.47 Å². The summed E-state index contributed by atoms with van der Waals surface area (Å²) in [6.45, 7) is 0. The van der Waals surface area contributed by atoms with Gasteiger partial charge in [-0.25, -0.2) is 4.79 Å². The fourth-order valence-corrected chi connectivity index (χ4v) is 3.98. The first kappa shape index (κ1) is 24.1. The number of aryl methyl sites for hydroxylation is 1. The molecule has 2 aromatic rings. The molecule has 1 aromatic heterocycles. The average Bonchev–Trinajstić information content (AvgIpc) is 3.09. The van der Waals surface area contributed by atoms with Crippen molar-refractivity contribution in [2.24, 2.45) is 7.05 Å². The second-order valence-corrected chi connectivity index (χ2v) is 9.65. The Balaban J connectivity index is 1.95. The number of alkyl halides is 3. The first-order chi connectivity index (χ1) is 15.0. The number of para-hydroxylation sites is 1. The summed E-state index contributed by atoms with van der Waals surface area (Å²) in [7, 11) is 4.79. The number of rotatable bonds is 6. The number of likely N-dealkylation sites (N-methyl/N-ethyl adjacent to an activating group) is 1. The van der Waals surface area contributed by atoms with Gasteiger partial charge in [0.15, 0.2) is 5.78 Å². The molecule has 0 spiro atoms. The van der Waals surface area contributed by atoms with E-state index in [1.165, 1.54) is 25.3 Å². The van der Waals surface area contributed by atoms with E-state index < -0.39 is 21.6 Å². The van der Waals surface area contributed by atoms with Crippen molar-refractivity contribution in [2.45, 2.75) is 16.3 Å². The van der Waals surface area contributed by atoms with Crippen LogP contribution in [-0.2, 0) is 21.4 Å². The molecule has 0 saturated heterocycles. The van der Waals surface area contributed by atoms with Gasteiger partial charge in [-0.2, -0.15) is 0 Å². The Morgan fingerprint density at radius 2 is 1.84 bits per heavy atom. The van der Waals surface area contributed by atoms with Gasteiger partial charge in [0.1, 0.15) is 0 Å². The number of Topliss-reactive ketones (excluding diaryl/α,β-unsaturated/α-hetero) is 2. The van der Waals surface area contributed by atoms with E-state index in [0.29, 0.717) is 11.3 Å². The number of benzene rings is 1. The van der Waals surface area contributed by atoms with Gasteiger partial charge in [0.25, 0.3) is 3.79 Å². The van der Waals surface area contributed by atoms with Crippen LogP contribution >= 0.6 is 34.8 Å². The molecule has 0 aliphatic carbocycles. The Morgan fingerprint density at radius 3 is 2.47 bits per heavy atom. The lowest BCUT2D eigenvalue weighted by molar-refractivity contribution is -0.134. The van der Waals surface area contributed by atoms with Crippen molar-refractivity contribution in [3.8, 4) is 0 Å². The molecular formula is C23H21Cl3N2O4.